The maximum atomic E-state index is 9.20. The van der Waals surface area contributed by atoms with Gasteiger partial charge in [-0.05, 0) is 6.42 Å². The molecule has 1 saturated heterocycles. The van der Waals surface area contributed by atoms with Crippen LogP contribution in [0.25, 0.3) is 0 Å². The normalized spacial score (nSPS) is 19.5. The molecule has 1 atom stereocenters. The Labute approximate surface area is 113 Å². The Balaban J connectivity index is 2.19. The number of anilines is 2. The fourth-order valence-corrected chi connectivity index (χ4v) is 2.15. The van der Waals surface area contributed by atoms with Crippen LogP contribution in [0.5, 0.6) is 0 Å². The molecule has 0 radical (unpaired) electrons. The van der Waals surface area contributed by atoms with Crippen molar-refractivity contribution in [3.05, 3.63) is 11.9 Å². The highest BCUT2D eigenvalue weighted by atomic mass is 16.5. The van der Waals surface area contributed by atoms with Gasteiger partial charge in [0.05, 0.1) is 19.3 Å². The van der Waals surface area contributed by atoms with Crippen LogP contribution in [-0.4, -0.2) is 54.5 Å². The van der Waals surface area contributed by atoms with Crippen LogP contribution < -0.4 is 10.2 Å². The quantitative estimate of drug-likeness (QED) is 0.816. The van der Waals surface area contributed by atoms with Crippen LogP contribution >= 0.6 is 0 Å². The average molecular weight is 266 g/mol. The molecule has 0 saturated carbocycles. The highest BCUT2D eigenvalue weighted by Crippen LogP contribution is 2.19. The van der Waals surface area contributed by atoms with Crippen LogP contribution in [0.1, 0.15) is 19.2 Å². The summed E-state index contributed by atoms with van der Waals surface area (Å²) in [6.07, 6.45) is 1.77. The summed E-state index contributed by atoms with van der Waals surface area (Å²) in [4.78, 5) is 11.2. The third-order valence-corrected chi connectivity index (χ3v) is 3.16. The van der Waals surface area contributed by atoms with Gasteiger partial charge in [-0.15, -0.1) is 0 Å². The molecule has 2 rings (SSSR count). The van der Waals surface area contributed by atoms with E-state index in [1.807, 2.05) is 13.1 Å². The Bertz CT molecular complexity index is 414. The Morgan fingerprint density at radius 3 is 3.05 bits per heavy atom. The van der Waals surface area contributed by atoms with E-state index in [1.54, 1.807) is 0 Å². The van der Waals surface area contributed by atoms with Crippen molar-refractivity contribution in [3.63, 3.8) is 0 Å². The van der Waals surface area contributed by atoms with Gasteiger partial charge in [-0.25, -0.2) is 9.97 Å². The molecule has 0 aliphatic carbocycles. The molecule has 6 heteroatoms. The Hall–Kier alpha value is -1.40. The zero-order valence-electron chi connectivity index (χ0n) is 11.6. The number of aliphatic hydroxyl groups excluding tert-OH is 1. The van der Waals surface area contributed by atoms with E-state index in [4.69, 9.17) is 4.74 Å². The molecule has 0 spiro atoms. The third kappa shape index (κ3) is 3.54. The molecule has 0 amide bonds. The molecule has 1 aromatic heterocycles. The molecule has 1 aromatic rings. The van der Waals surface area contributed by atoms with Crippen LogP contribution in [0, 0.1) is 0 Å². The van der Waals surface area contributed by atoms with Gasteiger partial charge in [0, 0.05) is 32.6 Å². The maximum Gasteiger partial charge on any atom is 0.134 e. The first-order valence-corrected chi connectivity index (χ1v) is 6.80. The molecule has 1 aliphatic rings. The largest absolute Gasteiger partial charge is 0.394 e. The van der Waals surface area contributed by atoms with Crippen molar-refractivity contribution in [2.45, 2.75) is 25.9 Å². The second-order valence-electron chi connectivity index (χ2n) is 4.65. The summed E-state index contributed by atoms with van der Waals surface area (Å²) in [7, 11) is 1.86. The lowest BCUT2D eigenvalue weighted by Gasteiger charge is -2.33. The van der Waals surface area contributed by atoms with E-state index in [0.29, 0.717) is 13.2 Å². The molecule has 1 aliphatic heterocycles. The van der Waals surface area contributed by atoms with Crippen LogP contribution in [-0.2, 0) is 11.2 Å². The summed E-state index contributed by atoms with van der Waals surface area (Å²) in [5.41, 5.74) is 0. The third-order valence-electron chi connectivity index (χ3n) is 3.16. The highest BCUT2D eigenvalue weighted by Gasteiger charge is 2.21. The second-order valence-corrected chi connectivity index (χ2v) is 4.65. The van der Waals surface area contributed by atoms with Crippen molar-refractivity contribution in [3.8, 4) is 0 Å². The van der Waals surface area contributed by atoms with Gasteiger partial charge in [0.2, 0.25) is 0 Å². The first-order valence-electron chi connectivity index (χ1n) is 6.80. The Morgan fingerprint density at radius 2 is 2.37 bits per heavy atom. The Morgan fingerprint density at radius 1 is 1.53 bits per heavy atom. The minimum Gasteiger partial charge on any atom is -0.394 e. The lowest BCUT2D eigenvalue weighted by molar-refractivity contribution is 0.00335. The van der Waals surface area contributed by atoms with E-state index in [9.17, 15) is 5.11 Å². The highest BCUT2D eigenvalue weighted by molar-refractivity contribution is 5.49. The smallest absolute Gasteiger partial charge is 0.134 e. The summed E-state index contributed by atoms with van der Waals surface area (Å²) in [5, 5.41) is 12.3. The lowest BCUT2D eigenvalue weighted by atomic mass is 10.2. The van der Waals surface area contributed by atoms with E-state index < -0.39 is 0 Å². The number of nitrogens with zero attached hydrogens (tertiary/aromatic N) is 3. The molecule has 6 nitrogen and oxygen atoms in total. The van der Waals surface area contributed by atoms with Gasteiger partial charge >= 0.3 is 0 Å². The maximum absolute atomic E-state index is 9.20. The van der Waals surface area contributed by atoms with E-state index in [0.717, 1.165) is 36.8 Å². The first kappa shape index (κ1) is 14.0. The standard InChI is InChI=1S/C13H22N4O2/c1-3-4-11-15-12(14-2)7-13(16-11)17-5-6-19-10(8-17)9-18/h7,10,18H,3-6,8-9H2,1-2H3,(H,14,15,16). The van der Waals surface area contributed by atoms with Crippen LogP contribution in [0.2, 0.25) is 0 Å². The first-order chi connectivity index (χ1) is 9.26. The zero-order chi connectivity index (χ0) is 13.7. The predicted molar refractivity (Wildman–Crippen MR) is 74.6 cm³/mol. The number of aryl methyl sites for hydroxylation is 1. The summed E-state index contributed by atoms with van der Waals surface area (Å²) < 4.78 is 5.46. The fraction of sp³-hybridized carbons (Fsp3) is 0.692. The molecule has 2 heterocycles. The van der Waals surface area contributed by atoms with Crippen molar-refractivity contribution in [1.29, 1.82) is 0 Å². The number of hydrogen-bond acceptors (Lipinski definition) is 6. The van der Waals surface area contributed by atoms with Gasteiger partial charge in [-0.3, -0.25) is 0 Å². The molecule has 0 bridgehead atoms. The molecular formula is C13H22N4O2. The van der Waals surface area contributed by atoms with Gasteiger partial charge in [0.15, 0.2) is 0 Å². The number of nitrogens with one attached hydrogen (secondary N) is 1. The average Bonchev–Trinajstić information content (AvgIpc) is 2.47. The molecule has 19 heavy (non-hydrogen) atoms. The van der Waals surface area contributed by atoms with Gasteiger partial charge < -0.3 is 20.1 Å². The summed E-state index contributed by atoms with van der Waals surface area (Å²) >= 11 is 0. The lowest BCUT2D eigenvalue weighted by Crippen LogP contribution is -2.44. The van der Waals surface area contributed by atoms with Gasteiger partial charge in [-0.2, -0.15) is 0 Å². The SMILES string of the molecule is CCCc1nc(NC)cc(N2CCOC(CO)C2)n1. The van der Waals surface area contributed by atoms with Crippen LogP contribution in [0.3, 0.4) is 0 Å². The van der Waals surface area contributed by atoms with Crippen molar-refractivity contribution >= 4 is 11.6 Å². The van der Waals surface area contributed by atoms with Crippen LogP contribution in [0.4, 0.5) is 11.6 Å². The van der Waals surface area contributed by atoms with E-state index in [2.05, 4.69) is 27.1 Å². The summed E-state index contributed by atoms with van der Waals surface area (Å²) in [6, 6.07) is 1.94. The van der Waals surface area contributed by atoms with Gasteiger partial charge in [0.25, 0.3) is 0 Å². The van der Waals surface area contributed by atoms with Crippen LogP contribution in [0.15, 0.2) is 6.07 Å². The molecule has 106 valence electrons. The number of ether oxygens (including phenoxy) is 1. The number of aliphatic hydroxyl groups is 1. The summed E-state index contributed by atoms with van der Waals surface area (Å²) in [5.74, 6) is 2.60. The minimum atomic E-state index is -0.128. The minimum absolute atomic E-state index is 0.0439. The van der Waals surface area contributed by atoms with Gasteiger partial charge in [-0.1, -0.05) is 6.92 Å². The molecule has 2 N–H and O–H groups in total. The fourth-order valence-electron chi connectivity index (χ4n) is 2.15. The van der Waals surface area contributed by atoms with Crippen molar-refractivity contribution in [2.75, 3.05) is 43.6 Å². The number of rotatable bonds is 5. The monoisotopic (exact) mass is 266 g/mol. The molecule has 1 fully saturated rings. The van der Waals surface area contributed by atoms with E-state index in [-0.39, 0.29) is 12.7 Å². The summed E-state index contributed by atoms with van der Waals surface area (Å²) in [6.45, 7) is 4.24. The second kappa shape index (κ2) is 6.68. The van der Waals surface area contributed by atoms with Gasteiger partial charge in [0.1, 0.15) is 17.5 Å². The predicted octanol–water partition coefficient (Wildman–Crippen LogP) is 0.668. The van der Waals surface area contributed by atoms with Crippen molar-refractivity contribution in [1.82, 2.24) is 9.97 Å². The number of aromatic nitrogens is 2. The van der Waals surface area contributed by atoms with E-state index >= 15 is 0 Å². The number of hydrogen-bond donors (Lipinski definition) is 2. The van der Waals surface area contributed by atoms with Crippen molar-refractivity contribution < 1.29 is 9.84 Å². The molecular weight excluding hydrogens is 244 g/mol. The zero-order valence-corrected chi connectivity index (χ0v) is 11.6. The molecule has 0 aromatic carbocycles. The van der Waals surface area contributed by atoms with E-state index in [1.165, 1.54) is 0 Å². The molecule has 1 unspecified atom stereocenters. The van der Waals surface area contributed by atoms with Crippen molar-refractivity contribution in [2.24, 2.45) is 0 Å². The topological polar surface area (TPSA) is 70.5 Å². The Kier molecular flexibility index (Phi) is 4.93. The number of morpholine rings is 1.